The average molecular weight is 355 g/mol. The van der Waals surface area contributed by atoms with Crippen molar-refractivity contribution in [3.8, 4) is 0 Å². The number of alkyl halides is 3. The van der Waals surface area contributed by atoms with E-state index in [1.807, 2.05) is 42.9 Å². The van der Waals surface area contributed by atoms with Crippen LogP contribution in [0.5, 0.6) is 0 Å². The summed E-state index contributed by atoms with van der Waals surface area (Å²) in [5.41, 5.74) is 0. The van der Waals surface area contributed by atoms with Crippen molar-refractivity contribution in [1.29, 1.82) is 0 Å². The van der Waals surface area contributed by atoms with Gasteiger partial charge in [0.05, 0.1) is 6.54 Å². The van der Waals surface area contributed by atoms with E-state index in [-0.39, 0.29) is 37.4 Å². The topological polar surface area (TPSA) is 56.0 Å². The molecule has 0 radical (unpaired) electrons. The molecule has 6 nitrogen and oxygen atoms in total. The molecular formula is C16H20F3N5O. The fourth-order valence-electron chi connectivity index (χ4n) is 3.12. The van der Waals surface area contributed by atoms with Gasteiger partial charge >= 0.3 is 6.18 Å². The summed E-state index contributed by atoms with van der Waals surface area (Å²) in [5.74, 6) is -0.629. The van der Waals surface area contributed by atoms with Crippen LogP contribution in [0.25, 0.3) is 0 Å². The highest BCUT2D eigenvalue weighted by Crippen LogP contribution is 2.30. The Bertz CT molecular complexity index is 736. The molecule has 9 heteroatoms. The molecule has 0 fully saturated rings. The number of carbonyl (C=O) groups is 1. The molecule has 1 aliphatic rings. The lowest BCUT2D eigenvalue weighted by Crippen LogP contribution is -2.43. The molecule has 0 bridgehead atoms. The number of carbonyl (C=O) groups excluding carboxylic acids is 1. The normalized spacial score (nSPS) is 16.2. The van der Waals surface area contributed by atoms with E-state index in [0.717, 1.165) is 4.57 Å². The Kier molecular flexibility index (Phi) is 4.57. The molecule has 2 aromatic rings. The Hall–Kier alpha value is -2.32. The summed E-state index contributed by atoms with van der Waals surface area (Å²) < 4.78 is 41.6. The molecule has 0 saturated carbocycles. The minimum Gasteiger partial charge on any atom is -0.342 e. The number of hydrogen-bond acceptors (Lipinski definition) is 3. The van der Waals surface area contributed by atoms with Gasteiger partial charge in [-0.1, -0.05) is 13.8 Å². The maximum Gasteiger partial charge on any atom is 0.451 e. The summed E-state index contributed by atoms with van der Waals surface area (Å²) >= 11 is 0. The second-order valence-corrected chi connectivity index (χ2v) is 6.62. The van der Waals surface area contributed by atoms with Gasteiger partial charge in [0.25, 0.3) is 0 Å². The van der Waals surface area contributed by atoms with Gasteiger partial charge < -0.3 is 14.0 Å². The highest BCUT2D eigenvalue weighted by Gasteiger charge is 2.40. The molecule has 0 N–H and O–H groups in total. The number of aromatic nitrogens is 4. The van der Waals surface area contributed by atoms with Crippen molar-refractivity contribution in [2.45, 2.75) is 45.6 Å². The zero-order valence-electron chi connectivity index (χ0n) is 14.1. The fraction of sp³-hybridized carbons (Fsp3) is 0.562. The largest absolute Gasteiger partial charge is 0.451 e. The summed E-state index contributed by atoms with van der Waals surface area (Å²) in [4.78, 5) is 14.5. The smallest absolute Gasteiger partial charge is 0.342 e. The molecule has 0 saturated heterocycles. The monoisotopic (exact) mass is 355 g/mol. The van der Waals surface area contributed by atoms with E-state index < -0.39 is 12.0 Å². The number of halogens is 3. The van der Waals surface area contributed by atoms with Gasteiger partial charge in [0.2, 0.25) is 11.7 Å². The quantitative estimate of drug-likeness (QED) is 0.847. The first-order valence-corrected chi connectivity index (χ1v) is 8.18. The minimum atomic E-state index is -4.54. The van der Waals surface area contributed by atoms with Gasteiger partial charge in [0, 0.05) is 25.5 Å². The van der Waals surface area contributed by atoms with E-state index in [1.54, 1.807) is 4.90 Å². The molecular weight excluding hydrogens is 335 g/mol. The predicted octanol–water partition coefficient (Wildman–Crippen LogP) is 2.73. The standard InChI is InChI=1S/C16H20F3N5O/c1-11(2)9-12(22-5-3-4-6-22)14(25)23-7-8-24-13(10-23)20-21-15(24)16(17,18)19/h3-6,11-12H,7-10H2,1-2H3/t12-/m0/s1. The first kappa shape index (κ1) is 17.5. The van der Waals surface area contributed by atoms with Crippen LogP contribution in [-0.2, 0) is 24.1 Å². The van der Waals surface area contributed by atoms with Crippen LogP contribution in [0.1, 0.15) is 38.0 Å². The third-order valence-corrected chi connectivity index (χ3v) is 4.29. The summed E-state index contributed by atoms with van der Waals surface area (Å²) in [5, 5.41) is 6.88. The van der Waals surface area contributed by atoms with E-state index in [9.17, 15) is 18.0 Å². The molecule has 25 heavy (non-hydrogen) atoms. The molecule has 3 heterocycles. The second-order valence-electron chi connectivity index (χ2n) is 6.62. The van der Waals surface area contributed by atoms with Crippen molar-refractivity contribution in [3.05, 3.63) is 36.2 Å². The Labute approximate surface area is 143 Å². The Balaban J connectivity index is 1.80. The number of nitrogens with zero attached hydrogens (tertiary/aromatic N) is 5. The molecule has 1 amide bonds. The molecule has 0 aliphatic carbocycles. The van der Waals surface area contributed by atoms with Gasteiger partial charge in [-0.15, -0.1) is 10.2 Å². The van der Waals surface area contributed by atoms with Crippen LogP contribution in [0.2, 0.25) is 0 Å². The Morgan fingerprint density at radius 3 is 2.48 bits per heavy atom. The summed E-state index contributed by atoms with van der Waals surface area (Å²) in [6.45, 7) is 4.36. The Morgan fingerprint density at radius 2 is 1.88 bits per heavy atom. The molecule has 0 aromatic carbocycles. The van der Waals surface area contributed by atoms with Gasteiger partial charge in [-0.2, -0.15) is 13.2 Å². The van der Waals surface area contributed by atoms with Crippen LogP contribution >= 0.6 is 0 Å². The van der Waals surface area contributed by atoms with Crippen molar-refractivity contribution in [1.82, 2.24) is 24.2 Å². The zero-order chi connectivity index (χ0) is 18.2. The molecule has 1 atom stereocenters. The van der Waals surface area contributed by atoms with E-state index in [1.165, 1.54) is 0 Å². The van der Waals surface area contributed by atoms with Crippen molar-refractivity contribution in [3.63, 3.8) is 0 Å². The van der Waals surface area contributed by atoms with Gasteiger partial charge in [-0.3, -0.25) is 4.79 Å². The number of rotatable bonds is 4. The van der Waals surface area contributed by atoms with E-state index in [4.69, 9.17) is 0 Å². The van der Waals surface area contributed by atoms with Crippen LogP contribution < -0.4 is 0 Å². The lowest BCUT2D eigenvalue weighted by molar-refractivity contribution is -0.148. The molecule has 1 aliphatic heterocycles. The zero-order valence-corrected chi connectivity index (χ0v) is 14.1. The maximum atomic E-state index is 13.0. The van der Waals surface area contributed by atoms with Crippen LogP contribution in [0.3, 0.4) is 0 Å². The molecule has 136 valence electrons. The molecule has 0 unspecified atom stereocenters. The summed E-state index contributed by atoms with van der Waals surface area (Å²) in [6.07, 6.45) is -0.217. The highest BCUT2D eigenvalue weighted by molar-refractivity contribution is 5.80. The summed E-state index contributed by atoms with van der Waals surface area (Å²) in [6, 6.07) is 3.33. The highest BCUT2D eigenvalue weighted by atomic mass is 19.4. The van der Waals surface area contributed by atoms with Crippen LogP contribution in [0.4, 0.5) is 13.2 Å². The lowest BCUT2D eigenvalue weighted by Gasteiger charge is -2.32. The van der Waals surface area contributed by atoms with Gasteiger partial charge in [0.15, 0.2) is 5.82 Å². The first-order valence-electron chi connectivity index (χ1n) is 8.18. The van der Waals surface area contributed by atoms with Gasteiger partial charge in [0.1, 0.15) is 6.04 Å². The predicted molar refractivity (Wildman–Crippen MR) is 83.4 cm³/mol. The third-order valence-electron chi connectivity index (χ3n) is 4.29. The molecule has 2 aromatic heterocycles. The average Bonchev–Trinajstić information content (AvgIpc) is 3.19. The minimum absolute atomic E-state index is 0.0395. The van der Waals surface area contributed by atoms with Crippen molar-refractivity contribution in [2.24, 2.45) is 5.92 Å². The van der Waals surface area contributed by atoms with Crippen LogP contribution in [-0.4, -0.2) is 36.7 Å². The van der Waals surface area contributed by atoms with Crippen molar-refractivity contribution in [2.75, 3.05) is 6.54 Å². The van der Waals surface area contributed by atoms with Crippen molar-refractivity contribution >= 4 is 5.91 Å². The van der Waals surface area contributed by atoms with E-state index in [0.29, 0.717) is 12.3 Å². The van der Waals surface area contributed by atoms with E-state index in [2.05, 4.69) is 10.2 Å². The van der Waals surface area contributed by atoms with Crippen molar-refractivity contribution < 1.29 is 18.0 Å². The molecule has 3 rings (SSSR count). The SMILES string of the molecule is CC(C)C[C@@H](C(=O)N1CCn2c(nnc2C(F)(F)F)C1)n1cccc1. The Morgan fingerprint density at radius 1 is 1.20 bits per heavy atom. The molecule has 0 spiro atoms. The number of amides is 1. The first-order chi connectivity index (χ1) is 11.8. The number of hydrogen-bond donors (Lipinski definition) is 0. The van der Waals surface area contributed by atoms with E-state index >= 15 is 0 Å². The van der Waals surface area contributed by atoms with Crippen LogP contribution in [0, 0.1) is 5.92 Å². The third kappa shape index (κ3) is 3.54. The lowest BCUT2D eigenvalue weighted by atomic mass is 10.0. The van der Waals surface area contributed by atoms with Crippen LogP contribution in [0.15, 0.2) is 24.5 Å². The van der Waals surface area contributed by atoms with Gasteiger partial charge in [-0.25, -0.2) is 0 Å². The number of fused-ring (bicyclic) bond motifs is 1. The maximum absolute atomic E-state index is 13.0. The second kappa shape index (κ2) is 6.53. The summed E-state index contributed by atoms with van der Waals surface area (Å²) in [7, 11) is 0. The fourth-order valence-corrected chi connectivity index (χ4v) is 3.12. The van der Waals surface area contributed by atoms with Gasteiger partial charge in [-0.05, 0) is 24.5 Å².